The van der Waals surface area contributed by atoms with Crippen LogP contribution >= 0.6 is 11.6 Å². The average Bonchev–Trinajstić information content (AvgIpc) is 2.91. The Labute approximate surface area is 135 Å². The Morgan fingerprint density at radius 2 is 1.91 bits per heavy atom. The zero-order chi connectivity index (χ0) is 15.5. The Hall–Kier alpha value is -1.36. The van der Waals surface area contributed by atoms with Gasteiger partial charge >= 0.3 is 0 Å². The highest BCUT2D eigenvalue weighted by Gasteiger charge is 2.22. The maximum atomic E-state index is 10.5. The number of hydrogen-bond donors (Lipinski definition) is 1. The number of aryl methyl sites for hydroxylation is 1. The molecule has 0 saturated carbocycles. The molecule has 1 aromatic carbocycles. The number of benzene rings is 1. The largest absolute Gasteiger partial charge is 0.441 e. The van der Waals surface area contributed by atoms with Crippen LogP contribution in [0.5, 0.6) is 0 Å². The van der Waals surface area contributed by atoms with Crippen molar-refractivity contribution in [2.24, 2.45) is 0 Å². The van der Waals surface area contributed by atoms with E-state index in [1.165, 1.54) is 19.3 Å². The fourth-order valence-corrected chi connectivity index (χ4v) is 3.03. The van der Waals surface area contributed by atoms with Gasteiger partial charge in [0.05, 0.1) is 0 Å². The molecule has 1 unspecified atom stereocenters. The molecule has 1 N–H and O–H groups in total. The quantitative estimate of drug-likeness (QED) is 0.930. The number of nitrogens with zero attached hydrogens (tertiary/aromatic N) is 2. The normalized spacial score (nSPS) is 17.6. The summed E-state index contributed by atoms with van der Waals surface area (Å²) in [6.07, 6.45) is 3.10. The molecule has 0 bridgehead atoms. The van der Waals surface area contributed by atoms with Crippen LogP contribution in [0.2, 0.25) is 5.02 Å². The summed E-state index contributed by atoms with van der Waals surface area (Å²) < 4.78 is 5.72. The lowest BCUT2D eigenvalue weighted by molar-refractivity contribution is 0.0978. The number of piperidine rings is 1. The van der Waals surface area contributed by atoms with Crippen molar-refractivity contribution in [2.75, 3.05) is 19.6 Å². The van der Waals surface area contributed by atoms with Crippen LogP contribution in [-0.4, -0.2) is 34.6 Å². The minimum absolute atomic E-state index is 0.530. The van der Waals surface area contributed by atoms with Gasteiger partial charge in [0.1, 0.15) is 17.6 Å². The van der Waals surface area contributed by atoms with Crippen molar-refractivity contribution in [3.63, 3.8) is 0 Å². The highest BCUT2D eigenvalue weighted by molar-refractivity contribution is 6.30. The van der Waals surface area contributed by atoms with E-state index in [4.69, 9.17) is 16.0 Å². The van der Waals surface area contributed by atoms with E-state index in [0.29, 0.717) is 28.9 Å². The first kappa shape index (κ1) is 15.5. The lowest BCUT2D eigenvalue weighted by Crippen LogP contribution is -2.33. The lowest BCUT2D eigenvalue weighted by atomic mass is 10.1. The molecular weight excluding hydrogens is 300 g/mol. The van der Waals surface area contributed by atoms with Crippen LogP contribution in [0.4, 0.5) is 0 Å². The maximum absolute atomic E-state index is 10.5. The van der Waals surface area contributed by atoms with Crippen molar-refractivity contribution in [1.82, 2.24) is 9.88 Å². The predicted octanol–water partition coefficient (Wildman–Crippen LogP) is 3.82. The molecule has 3 rings (SSSR count). The monoisotopic (exact) mass is 320 g/mol. The molecule has 0 aliphatic carbocycles. The zero-order valence-corrected chi connectivity index (χ0v) is 13.5. The Kier molecular flexibility index (Phi) is 4.81. The van der Waals surface area contributed by atoms with Crippen LogP contribution in [0.25, 0.3) is 11.5 Å². The minimum atomic E-state index is -0.608. The van der Waals surface area contributed by atoms with Crippen molar-refractivity contribution in [2.45, 2.75) is 32.3 Å². The number of aliphatic hydroxyl groups excluding tert-OH is 1. The Bertz CT molecular complexity index is 618. The van der Waals surface area contributed by atoms with Crippen LogP contribution < -0.4 is 0 Å². The molecule has 1 aliphatic heterocycles. The van der Waals surface area contributed by atoms with Crippen molar-refractivity contribution >= 4 is 11.6 Å². The fraction of sp³-hybridized carbons (Fsp3) is 0.471. The van der Waals surface area contributed by atoms with Gasteiger partial charge in [0.2, 0.25) is 5.89 Å². The molecule has 0 radical (unpaired) electrons. The van der Waals surface area contributed by atoms with E-state index in [-0.39, 0.29) is 0 Å². The Balaban J connectivity index is 1.75. The summed E-state index contributed by atoms with van der Waals surface area (Å²) >= 11 is 5.90. The van der Waals surface area contributed by atoms with Gasteiger partial charge in [-0.1, -0.05) is 18.0 Å². The molecule has 0 amide bonds. The van der Waals surface area contributed by atoms with Crippen LogP contribution in [-0.2, 0) is 0 Å². The van der Waals surface area contributed by atoms with E-state index in [1.54, 1.807) is 12.1 Å². The summed E-state index contributed by atoms with van der Waals surface area (Å²) in [6.45, 7) is 4.57. The molecule has 2 aromatic rings. The van der Waals surface area contributed by atoms with Gasteiger partial charge < -0.3 is 14.4 Å². The van der Waals surface area contributed by atoms with Crippen molar-refractivity contribution in [3.8, 4) is 11.5 Å². The molecular formula is C17H21ClN2O2. The molecule has 1 aromatic heterocycles. The van der Waals surface area contributed by atoms with Crippen molar-refractivity contribution in [3.05, 3.63) is 40.7 Å². The minimum Gasteiger partial charge on any atom is -0.441 e. The van der Waals surface area contributed by atoms with E-state index in [9.17, 15) is 5.11 Å². The molecule has 1 aliphatic rings. The van der Waals surface area contributed by atoms with E-state index in [0.717, 1.165) is 18.7 Å². The first-order valence-corrected chi connectivity index (χ1v) is 8.15. The third kappa shape index (κ3) is 3.51. The van der Waals surface area contributed by atoms with Crippen molar-refractivity contribution < 1.29 is 9.52 Å². The van der Waals surface area contributed by atoms with Crippen LogP contribution in [0.1, 0.15) is 36.8 Å². The van der Waals surface area contributed by atoms with Crippen LogP contribution in [0.15, 0.2) is 28.7 Å². The molecule has 5 heteroatoms. The van der Waals surface area contributed by atoms with E-state index in [1.807, 2.05) is 19.1 Å². The fourth-order valence-electron chi connectivity index (χ4n) is 2.91. The van der Waals surface area contributed by atoms with Gasteiger partial charge in [0, 0.05) is 17.1 Å². The third-order valence-electron chi connectivity index (χ3n) is 4.12. The van der Waals surface area contributed by atoms with Crippen molar-refractivity contribution in [1.29, 1.82) is 0 Å². The second kappa shape index (κ2) is 6.82. The number of halogens is 1. The lowest BCUT2D eigenvalue weighted by Gasteiger charge is -2.27. The van der Waals surface area contributed by atoms with Gasteiger partial charge in [-0.25, -0.2) is 4.98 Å². The maximum Gasteiger partial charge on any atom is 0.226 e. The topological polar surface area (TPSA) is 49.5 Å². The number of hydrogen-bond acceptors (Lipinski definition) is 4. The van der Waals surface area contributed by atoms with Gasteiger partial charge in [-0.15, -0.1) is 0 Å². The molecule has 1 atom stereocenters. The first-order chi connectivity index (χ1) is 10.6. The van der Waals surface area contributed by atoms with E-state index >= 15 is 0 Å². The highest BCUT2D eigenvalue weighted by Crippen LogP contribution is 2.27. The summed E-state index contributed by atoms with van der Waals surface area (Å²) in [5, 5.41) is 11.2. The Morgan fingerprint density at radius 1 is 1.23 bits per heavy atom. The van der Waals surface area contributed by atoms with Gasteiger partial charge in [-0.3, -0.25) is 0 Å². The zero-order valence-electron chi connectivity index (χ0n) is 12.8. The van der Waals surface area contributed by atoms with Gasteiger partial charge in [0.15, 0.2) is 0 Å². The molecule has 22 heavy (non-hydrogen) atoms. The smallest absolute Gasteiger partial charge is 0.226 e. The molecule has 0 spiro atoms. The number of aromatic nitrogens is 1. The summed E-state index contributed by atoms with van der Waals surface area (Å²) in [4.78, 5) is 6.78. The van der Waals surface area contributed by atoms with Gasteiger partial charge in [0.25, 0.3) is 0 Å². The second-order valence-corrected chi connectivity index (χ2v) is 6.28. The first-order valence-electron chi connectivity index (χ1n) is 7.77. The summed E-state index contributed by atoms with van der Waals surface area (Å²) in [6, 6.07) is 7.35. The highest BCUT2D eigenvalue weighted by atomic mass is 35.5. The SMILES string of the molecule is Cc1oc(-c2ccc(Cl)cc2)nc1C(O)CN1CCCCC1. The number of rotatable bonds is 4. The average molecular weight is 321 g/mol. The standard InChI is InChI=1S/C17H21ClN2O2/c1-12-16(15(21)11-20-9-3-2-4-10-20)19-17(22-12)13-5-7-14(18)8-6-13/h5-8,15,21H,2-4,9-11H2,1H3. The Morgan fingerprint density at radius 3 is 2.59 bits per heavy atom. The van der Waals surface area contributed by atoms with E-state index in [2.05, 4.69) is 9.88 Å². The summed E-state index contributed by atoms with van der Waals surface area (Å²) in [5.41, 5.74) is 1.50. The molecule has 4 nitrogen and oxygen atoms in total. The third-order valence-corrected chi connectivity index (χ3v) is 4.37. The van der Waals surface area contributed by atoms with Gasteiger partial charge in [-0.2, -0.15) is 0 Å². The summed E-state index contributed by atoms with van der Waals surface area (Å²) in [5.74, 6) is 1.20. The molecule has 1 saturated heterocycles. The molecule has 2 heterocycles. The molecule has 1 fully saturated rings. The molecule has 118 valence electrons. The van der Waals surface area contributed by atoms with Crippen LogP contribution in [0, 0.1) is 6.92 Å². The predicted molar refractivity (Wildman–Crippen MR) is 86.9 cm³/mol. The number of oxazole rings is 1. The number of aliphatic hydroxyl groups is 1. The summed E-state index contributed by atoms with van der Waals surface area (Å²) in [7, 11) is 0. The van der Waals surface area contributed by atoms with E-state index < -0.39 is 6.10 Å². The van der Waals surface area contributed by atoms with Gasteiger partial charge in [-0.05, 0) is 57.1 Å². The number of likely N-dealkylation sites (tertiary alicyclic amines) is 1. The number of β-amino-alcohol motifs (C(OH)–C–C–N with tert-alkyl or cyclic N) is 1. The van der Waals surface area contributed by atoms with Crippen LogP contribution in [0.3, 0.4) is 0 Å². The second-order valence-electron chi connectivity index (χ2n) is 5.84.